The molecule has 1 aliphatic heterocycles. The number of para-hydroxylation sites is 1. The third-order valence-corrected chi connectivity index (χ3v) is 5.60. The minimum atomic E-state index is -0.452. The molecular weight excluding hydrogens is 412 g/mol. The number of nitrogens with one attached hydrogen (secondary N) is 1. The molecule has 5 nitrogen and oxygen atoms in total. The van der Waals surface area contributed by atoms with Crippen molar-refractivity contribution < 1.29 is 14.3 Å². The van der Waals surface area contributed by atoms with Crippen molar-refractivity contribution in [3.8, 4) is 5.75 Å². The molecule has 3 aromatic rings. The first-order valence-electron chi connectivity index (χ1n) is 9.77. The van der Waals surface area contributed by atoms with E-state index in [-0.39, 0.29) is 11.3 Å². The smallest absolute Gasteiger partial charge is 0.282 e. The van der Waals surface area contributed by atoms with Gasteiger partial charge in [-0.3, -0.25) is 9.59 Å². The van der Waals surface area contributed by atoms with Gasteiger partial charge in [-0.25, -0.2) is 4.90 Å². The van der Waals surface area contributed by atoms with Crippen molar-refractivity contribution in [2.24, 2.45) is 0 Å². The zero-order valence-electron chi connectivity index (χ0n) is 17.4. The summed E-state index contributed by atoms with van der Waals surface area (Å²) in [7, 11) is 1.53. The number of benzene rings is 3. The molecule has 31 heavy (non-hydrogen) atoms. The van der Waals surface area contributed by atoms with Crippen LogP contribution in [0.25, 0.3) is 5.57 Å². The van der Waals surface area contributed by atoms with E-state index in [1.165, 1.54) is 7.11 Å². The van der Waals surface area contributed by atoms with Gasteiger partial charge in [0.15, 0.2) is 0 Å². The van der Waals surface area contributed by atoms with Crippen LogP contribution in [0.4, 0.5) is 11.4 Å². The zero-order chi connectivity index (χ0) is 22.1. The van der Waals surface area contributed by atoms with Gasteiger partial charge in [0.25, 0.3) is 11.8 Å². The summed E-state index contributed by atoms with van der Waals surface area (Å²) >= 11 is 6.27. The average molecular weight is 433 g/mol. The predicted octanol–water partition coefficient (Wildman–Crippen LogP) is 5.36. The molecule has 2 amide bonds. The van der Waals surface area contributed by atoms with E-state index in [0.29, 0.717) is 27.7 Å². The number of imide groups is 1. The van der Waals surface area contributed by atoms with Crippen molar-refractivity contribution in [2.45, 2.75) is 13.8 Å². The van der Waals surface area contributed by atoms with Crippen LogP contribution in [0, 0.1) is 13.8 Å². The van der Waals surface area contributed by atoms with Crippen molar-refractivity contribution in [1.29, 1.82) is 0 Å². The van der Waals surface area contributed by atoms with Gasteiger partial charge in [-0.2, -0.15) is 0 Å². The van der Waals surface area contributed by atoms with Crippen molar-refractivity contribution >= 4 is 40.4 Å². The molecule has 4 rings (SSSR count). The molecule has 1 heterocycles. The fourth-order valence-electron chi connectivity index (χ4n) is 3.48. The second kappa shape index (κ2) is 8.28. The van der Waals surface area contributed by atoms with E-state index in [4.69, 9.17) is 16.3 Å². The van der Waals surface area contributed by atoms with E-state index in [2.05, 4.69) is 5.32 Å². The maximum atomic E-state index is 13.5. The lowest BCUT2D eigenvalue weighted by Gasteiger charge is -2.16. The van der Waals surface area contributed by atoms with Gasteiger partial charge in [0, 0.05) is 16.3 Å². The molecule has 1 N–H and O–H groups in total. The largest absolute Gasteiger partial charge is 0.496 e. The number of anilines is 2. The third kappa shape index (κ3) is 3.80. The van der Waals surface area contributed by atoms with Crippen molar-refractivity contribution in [3.05, 3.63) is 94.1 Å². The van der Waals surface area contributed by atoms with Crippen LogP contribution < -0.4 is 15.0 Å². The number of aryl methyl sites for hydroxylation is 2. The topological polar surface area (TPSA) is 58.6 Å². The number of amides is 2. The summed E-state index contributed by atoms with van der Waals surface area (Å²) in [6, 6.07) is 19.9. The fourth-order valence-corrected chi connectivity index (χ4v) is 3.66. The van der Waals surface area contributed by atoms with Crippen LogP contribution in [0.2, 0.25) is 5.02 Å². The highest BCUT2D eigenvalue weighted by molar-refractivity contribution is 6.46. The number of rotatable bonds is 5. The summed E-state index contributed by atoms with van der Waals surface area (Å²) in [5.74, 6) is -0.388. The van der Waals surface area contributed by atoms with E-state index >= 15 is 0 Å². The predicted molar refractivity (Wildman–Crippen MR) is 123 cm³/mol. The van der Waals surface area contributed by atoms with Crippen LogP contribution in [-0.2, 0) is 9.59 Å². The van der Waals surface area contributed by atoms with Gasteiger partial charge in [-0.15, -0.1) is 0 Å². The summed E-state index contributed by atoms with van der Waals surface area (Å²) in [5.41, 5.74) is 4.06. The Morgan fingerprint density at radius 1 is 0.903 bits per heavy atom. The lowest BCUT2D eigenvalue weighted by molar-refractivity contribution is -0.120. The SMILES string of the molecule is COc1ccccc1C1=C(Nc2ccc(C)cc2)C(=O)N(c2ccc(C)c(Cl)c2)C1=O. The molecule has 0 unspecified atom stereocenters. The Morgan fingerprint density at radius 3 is 2.29 bits per heavy atom. The van der Waals surface area contributed by atoms with E-state index in [0.717, 1.165) is 16.0 Å². The minimum Gasteiger partial charge on any atom is -0.496 e. The zero-order valence-corrected chi connectivity index (χ0v) is 18.2. The van der Waals surface area contributed by atoms with Crippen molar-refractivity contribution in [2.75, 3.05) is 17.3 Å². The first kappa shape index (κ1) is 20.7. The lowest BCUT2D eigenvalue weighted by Crippen LogP contribution is -2.32. The summed E-state index contributed by atoms with van der Waals surface area (Å²) in [6.07, 6.45) is 0. The maximum Gasteiger partial charge on any atom is 0.282 e. The molecule has 0 aromatic heterocycles. The highest BCUT2D eigenvalue weighted by atomic mass is 35.5. The van der Waals surface area contributed by atoms with Gasteiger partial charge in [-0.05, 0) is 49.7 Å². The third-order valence-electron chi connectivity index (χ3n) is 5.19. The molecular formula is C25H21ClN2O3. The van der Waals surface area contributed by atoms with Crippen molar-refractivity contribution in [1.82, 2.24) is 0 Å². The Kier molecular flexibility index (Phi) is 5.53. The van der Waals surface area contributed by atoms with Crippen LogP contribution in [0.1, 0.15) is 16.7 Å². The number of carbonyl (C=O) groups excluding carboxylic acids is 2. The second-order valence-corrected chi connectivity index (χ2v) is 7.73. The van der Waals surface area contributed by atoms with Gasteiger partial charge in [0.1, 0.15) is 11.4 Å². The van der Waals surface area contributed by atoms with E-state index in [1.807, 2.05) is 44.2 Å². The molecule has 6 heteroatoms. The normalized spacial score (nSPS) is 13.7. The molecule has 0 fully saturated rings. The number of hydrogen-bond donors (Lipinski definition) is 1. The number of hydrogen-bond acceptors (Lipinski definition) is 4. The second-order valence-electron chi connectivity index (χ2n) is 7.32. The molecule has 0 bridgehead atoms. The summed E-state index contributed by atoms with van der Waals surface area (Å²) in [4.78, 5) is 28.2. The Balaban J connectivity index is 1.86. The van der Waals surface area contributed by atoms with E-state index in [1.54, 1.807) is 36.4 Å². The van der Waals surface area contributed by atoms with Crippen molar-refractivity contribution in [3.63, 3.8) is 0 Å². The minimum absolute atomic E-state index is 0.190. The summed E-state index contributed by atoms with van der Waals surface area (Å²) in [6.45, 7) is 3.85. The lowest BCUT2D eigenvalue weighted by atomic mass is 10.0. The maximum absolute atomic E-state index is 13.5. The Bertz CT molecular complexity index is 1220. The summed E-state index contributed by atoms with van der Waals surface area (Å²) in [5, 5.41) is 3.64. The van der Waals surface area contributed by atoms with Crippen LogP contribution >= 0.6 is 11.6 Å². The Morgan fingerprint density at radius 2 is 1.61 bits per heavy atom. The standard InChI is InChI=1S/C25H21ClN2O3/c1-15-8-11-17(12-9-15)27-23-22(19-6-4-5-7-21(19)31-3)24(29)28(25(23)30)18-13-10-16(2)20(26)14-18/h4-14,27H,1-3H3. The van der Waals surface area contributed by atoms with Gasteiger partial charge in [-0.1, -0.05) is 53.6 Å². The Labute approximate surface area is 185 Å². The van der Waals surface area contributed by atoms with Crippen LogP contribution in [0.15, 0.2) is 72.4 Å². The molecule has 0 aliphatic carbocycles. The highest BCUT2D eigenvalue weighted by Gasteiger charge is 2.41. The number of ether oxygens (including phenoxy) is 1. The molecule has 0 saturated heterocycles. The van der Waals surface area contributed by atoms with Gasteiger partial charge < -0.3 is 10.1 Å². The molecule has 0 spiro atoms. The molecule has 156 valence electrons. The molecule has 3 aromatic carbocycles. The fraction of sp³-hybridized carbons (Fsp3) is 0.120. The molecule has 0 radical (unpaired) electrons. The molecule has 0 saturated carbocycles. The van der Waals surface area contributed by atoms with Gasteiger partial charge >= 0.3 is 0 Å². The number of methoxy groups -OCH3 is 1. The van der Waals surface area contributed by atoms with Crippen LogP contribution in [0.3, 0.4) is 0 Å². The van der Waals surface area contributed by atoms with Gasteiger partial charge in [0.2, 0.25) is 0 Å². The van der Waals surface area contributed by atoms with Crippen LogP contribution in [0.5, 0.6) is 5.75 Å². The quantitative estimate of drug-likeness (QED) is 0.551. The number of carbonyl (C=O) groups is 2. The Hall–Kier alpha value is -3.57. The average Bonchev–Trinajstić information content (AvgIpc) is 3.01. The highest BCUT2D eigenvalue weighted by Crippen LogP contribution is 2.38. The van der Waals surface area contributed by atoms with E-state index in [9.17, 15) is 9.59 Å². The number of nitrogens with zero attached hydrogens (tertiary/aromatic N) is 1. The first-order valence-corrected chi connectivity index (χ1v) is 10.1. The molecule has 1 aliphatic rings. The number of halogens is 1. The molecule has 0 atom stereocenters. The summed E-state index contributed by atoms with van der Waals surface area (Å²) < 4.78 is 5.47. The van der Waals surface area contributed by atoms with E-state index < -0.39 is 11.8 Å². The van der Waals surface area contributed by atoms with Gasteiger partial charge in [0.05, 0.1) is 18.4 Å². The first-order chi connectivity index (χ1) is 14.9. The monoisotopic (exact) mass is 432 g/mol. The van der Waals surface area contributed by atoms with Crippen LogP contribution in [-0.4, -0.2) is 18.9 Å².